The first-order valence-corrected chi connectivity index (χ1v) is 12.6. The van der Waals surface area contributed by atoms with Crippen LogP contribution >= 0.6 is 0 Å². The number of fused-ring (bicyclic) bond motifs is 1. The molecule has 1 saturated carbocycles. The van der Waals surface area contributed by atoms with Crippen molar-refractivity contribution in [3.05, 3.63) is 108 Å². The molecule has 3 heterocycles. The molecule has 2 aromatic carbocycles. The lowest BCUT2D eigenvalue weighted by Crippen LogP contribution is -2.13. The lowest BCUT2D eigenvalue weighted by atomic mass is 9.96. The van der Waals surface area contributed by atoms with Gasteiger partial charge in [-0.2, -0.15) is 10.5 Å². The highest BCUT2D eigenvalue weighted by Gasteiger charge is 2.45. The lowest BCUT2D eigenvalue weighted by molar-refractivity contribution is 0.101. The molecule has 41 heavy (non-hydrogen) atoms. The van der Waals surface area contributed by atoms with E-state index in [4.69, 9.17) is 10.00 Å². The van der Waals surface area contributed by atoms with Crippen LogP contribution in [0.15, 0.2) is 85.2 Å². The van der Waals surface area contributed by atoms with Gasteiger partial charge < -0.3 is 15.4 Å². The monoisotopic (exact) mass is 540 g/mol. The molecular formula is C30H20N8O3. The predicted molar refractivity (Wildman–Crippen MR) is 147 cm³/mol. The first-order valence-electron chi connectivity index (χ1n) is 12.6. The standard InChI is InChI=1S/C30H20N8O3/c31-15-23-8-7-20(16-33-23)29(40)36-25-17-38-26(35-25)9-10-27(37-38)41-24-6-2-5-22(14-24)34-28(39)19-3-1-4-21(13-19)30(18-32)11-12-30/h1-10,13-14,16-17H,11-12H2,(H,34,39)(H,36,40). The summed E-state index contributed by atoms with van der Waals surface area (Å²) in [6.45, 7) is 0. The molecule has 1 aliphatic rings. The van der Waals surface area contributed by atoms with Gasteiger partial charge >= 0.3 is 0 Å². The summed E-state index contributed by atoms with van der Waals surface area (Å²) < 4.78 is 7.38. The van der Waals surface area contributed by atoms with Gasteiger partial charge in [0.15, 0.2) is 11.5 Å². The number of benzene rings is 2. The summed E-state index contributed by atoms with van der Waals surface area (Å²) in [7, 11) is 0. The van der Waals surface area contributed by atoms with Gasteiger partial charge in [-0.25, -0.2) is 14.5 Å². The van der Waals surface area contributed by atoms with Gasteiger partial charge in [-0.15, -0.1) is 5.10 Å². The number of hydrogen-bond acceptors (Lipinski definition) is 8. The Balaban J connectivity index is 1.13. The smallest absolute Gasteiger partial charge is 0.258 e. The second-order valence-electron chi connectivity index (χ2n) is 9.46. The molecule has 198 valence electrons. The Bertz CT molecular complexity index is 1900. The van der Waals surface area contributed by atoms with E-state index in [0.29, 0.717) is 22.6 Å². The predicted octanol–water partition coefficient (Wildman–Crippen LogP) is 4.85. The van der Waals surface area contributed by atoms with Crippen LogP contribution in [0.3, 0.4) is 0 Å². The number of aromatic nitrogens is 4. The Hall–Kier alpha value is -6.07. The van der Waals surface area contributed by atoms with Gasteiger partial charge in [-0.3, -0.25) is 9.59 Å². The topological polar surface area (TPSA) is 158 Å². The quantitative estimate of drug-likeness (QED) is 0.296. The summed E-state index contributed by atoms with van der Waals surface area (Å²) in [6, 6.07) is 24.6. The summed E-state index contributed by atoms with van der Waals surface area (Å²) >= 11 is 0. The number of nitrogens with zero attached hydrogens (tertiary/aromatic N) is 6. The van der Waals surface area contributed by atoms with Crippen molar-refractivity contribution < 1.29 is 14.3 Å². The molecule has 0 radical (unpaired) electrons. The molecule has 11 nitrogen and oxygen atoms in total. The highest BCUT2D eigenvalue weighted by Crippen LogP contribution is 2.47. The first kappa shape index (κ1) is 25.2. The summed E-state index contributed by atoms with van der Waals surface area (Å²) in [5, 5.41) is 28.3. The average molecular weight is 541 g/mol. The second-order valence-corrected chi connectivity index (χ2v) is 9.46. The van der Waals surface area contributed by atoms with E-state index in [9.17, 15) is 14.9 Å². The van der Waals surface area contributed by atoms with Crippen molar-refractivity contribution in [1.82, 2.24) is 19.6 Å². The maximum absolute atomic E-state index is 12.9. The van der Waals surface area contributed by atoms with Crippen LogP contribution in [0.2, 0.25) is 0 Å². The molecule has 2 N–H and O–H groups in total. The van der Waals surface area contributed by atoms with E-state index in [0.717, 1.165) is 18.4 Å². The first-order chi connectivity index (χ1) is 19.9. The van der Waals surface area contributed by atoms with E-state index in [1.54, 1.807) is 60.8 Å². The molecule has 11 heteroatoms. The van der Waals surface area contributed by atoms with E-state index in [-0.39, 0.29) is 28.9 Å². The van der Waals surface area contributed by atoms with Gasteiger partial charge in [0.25, 0.3) is 11.8 Å². The fourth-order valence-corrected chi connectivity index (χ4v) is 4.27. The number of carbonyl (C=O) groups excluding carboxylic acids is 2. The molecule has 2 amide bonds. The van der Waals surface area contributed by atoms with Gasteiger partial charge in [-0.05, 0) is 60.9 Å². The number of amides is 2. The highest BCUT2D eigenvalue weighted by atomic mass is 16.5. The van der Waals surface area contributed by atoms with E-state index in [1.165, 1.54) is 22.8 Å². The number of carbonyl (C=O) groups is 2. The fraction of sp³-hybridized carbons (Fsp3) is 0.100. The van der Waals surface area contributed by atoms with Crippen LogP contribution in [0, 0.1) is 22.7 Å². The fourth-order valence-electron chi connectivity index (χ4n) is 4.27. The number of hydrogen-bond donors (Lipinski definition) is 2. The zero-order valence-electron chi connectivity index (χ0n) is 21.4. The number of imidazole rings is 1. The summed E-state index contributed by atoms with van der Waals surface area (Å²) in [5.41, 5.74) is 2.38. The Morgan fingerprint density at radius 3 is 2.51 bits per heavy atom. The van der Waals surface area contributed by atoms with Crippen LogP contribution in [0.5, 0.6) is 11.6 Å². The van der Waals surface area contributed by atoms with Gasteiger partial charge in [0.05, 0.1) is 23.2 Å². The molecule has 1 aliphatic carbocycles. The summed E-state index contributed by atoms with van der Waals surface area (Å²) in [6.07, 6.45) is 4.47. The molecule has 5 aromatic rings. The highest BCUT2D eigenvalue weighted by molar-refractivity contribution is 6.04. The van der Waals surface area contributed by atoms with Crippen LogP contribution in [0.1, 0.15) is 44.8 Å². The van der Waals surface area contributed by atoms with Crippen molar-refractivity contribution in [1.29, 1.82) is 10.5 Å². The molecule has 0 spiro atoms. The molecule has 1 fully saturated rings. The van der Waals surface area contributed by atoms with Gasteiger partial charge in [0.2, 0.25) is 5.88 Å². The number of ether oxygens (including phenoxy) is 1. The molecule has 0 bridgehead atoms. The van der Waals surface area contributed by atoms with E-state index >= 15 is 0 Å². The Labute approximate surface area is 233 Å². The van der Waals surface area contributed by atoms with E-state index < -0.39 is 11.3 Å². The molecule has 0 unspecified atom stereocenters. The van der Waals surface area contributed by atoms with Crippen LogP contribution in [-0.4, -0.2) is 31.4 Å². The molecule has 0 atom stereocenters. The number of pyridine rings is 1. The lowest BCUT2D eigenvalue weighted by Gasteiger charge is -2.11. The number of nitriles is 2. The molecule has 0 saturated heterocycles. The second kappa shape index (κ2) is 10.2. The number of nitrogens with one attached hydrogen (secondary N) is 2. The maximum Gasteiger partial charge on any atom is 0.258 e. The molecule has 0 aliphatic heterocycles. The zero-order chi connectivity index (χ0) is 28.4. The molecule has 6 rings (SSSR count). The maximum atomic E-state index is 12.9. The van der Waals surface area contributed by atoms with Crippen LogP contribution < -0.4 is 15.4 Å². The van der Waals surface area contributed by atoms with Crippen molar-refractivity contribution in [2.24, 2.45) is 0 Å². The van der Waals surface area contributed by atoms with Gasteiger partial charge in [0.1, 0.15) is 17.5 Å². The average Bonchev–Trinajstić information content (AvgIpc) is 3.71. The van der Waals surface area contributed by atoms with Crippen LogP contribution in [-0.2, 0) is 5.41 Å². The van der Waals surface area contributed by atoms with Crippen molar-refractivity contribution in [2.45, 2.75) is 18.3 Å². The Morgan fingerprint density at radius 1 is 0.927 bits per heavy atom. The number of anilines is 2. The third-order valence-corrected chi connectivity index (χ3v) is 6.63. The van der Waals surface area contributed by atoms with E-state index in [1.807, 2.05) is 12.1 Å². The third kappa shape index (κ3) is 5.28. The largest absolute Gasteiger partial charge is 0.438 e. The molecule has 3 aromatic heterocycles. The van der Waals surface area contributed by atoms with E-state index in [2.05, 4.69) is 31.8 Å². The van der Waals surface area contributed by atoms with Gasteiger partial charge in [0, 0.05) is 29.6 Å². The zero-order valence-corrected chi connectivity index (χ0v) is 21.4. The van der Waals surface area contributed by atoms with Gasteiger partial charge in [-0.1, -0.05) is 18.2 Å². The normalized spacial score (nSPS) is 13.0. The van der Waals surface area contributed by atoms with Crippen LogP contribution in [0.4, 0.5) is 11.5 Å². The van der Waals surface area contributed by atoms with Crippen molar-refractivity contribution in [2.75, 3.05) is 10.6 Å². The van der Waals surface area contributed by atoms with Crippen molar-refractivity contribution >= 4 is 29.0 Å². The SMILES string of the molecule is N#Cc1ccc(C(=O)Nc2cn3nc(Oc4cccc(NC(=O)c5cccc(C6(C#N)CC6)c5)c4)ccc3n2)cn1. The molecular weight excluding hydrogens is 520 g/mol. The number of rotatable bonds is 7. The van der Waals surface area contributed by atoms with Crippen molar-refractivity contribution in [3.63, 3.8) is 0 Å². The summed E-state index contributed by atoms with van der Waals surface area (Å²) in [4.78, 5) is 33.7. The third-order valence-electron chi connectivity index (χ3n) is 6.63. The Morgan fingerprint density at radius 2 is 1.76 bits per heavy atom. The van der Waals surface area contributed by atoms with Crippen LogP contribution in [0.25, 0.3) is 5.65 Å². The minimum atomic E-state index is -0.470. The summed E-state index contributed by atoms with van der Waals surface area (Å²) in [5.74, 6) is 0.282. The van der Waals surface area contributed by atoms with Crippen molar-refractivity contribution in [3.8, 4) is 23.8 Å². The minimum Gasteiger partial charge on any atom is -0.438 e. The Kier molecular flexibility index (Phi) is 6.30. The minimum absolute atomic E-state index is 0.215.